The molecule has 2 heteroatoms. The molecule has 1 rings (SSSR count). The van der Waals surface area contributed by atoms with Crippen LogP contribution in [-0.2, 0) is 0 Å². The molecule has 0 aliphatic rings. The second kappa shape index (κ2) is 6.11. The van der Waals surface area contributed by atoms with Gasteiger partial charge in [-0.15, -0.1) is 0 Å². The van der Waals surface area contributed by atoms with Crippen LogP contribution in [-0.4, -0.2) is 12.9 Å². The smallest absolute Gasteiger partial charge is 0.159 e. The quantitative estimate of drug-likeness (QED) is 0.704. The Labute approximate surface area is 96.9 Å². The lowest BCUT2D eigenvalue weighted by Gasteiger charge is -2.06. The van der Waals surface area contributed by atoms with Gasteiger partial charge in [-0.2, -0.15) is 0 Å². The predicted molar refractivity (Wildman–Crippen MR) is 66.9 cm³/mol. The van der Waals surface area contributed by atoms with Gasteiger partial charge in [-0.1, -0.05) is 25.5 Å². The lowest BCUT2D eigenvalue weighted by Crippen LogP contribution is -1.94. The summed E-state index contributed by atoms with van der Waals surface area (Å²) in [5.74, 6) is 0.880. The van der Waals surface area contributed by atoms with E-state index >= 15 is 0 Å². The first-order valence-corrected chi connectivity index (χ1v) is 5.54. The largest absolute Gasteiger partial charge is 0.496 e. The number of hydrogen-bond acceptors (Lipinski definition) is 2. The number of benzene rings is 1. The van der Waals surface area contributed by atoms with Crippen molar-refractivity contribution in [1.82, 2.24) is 0 Å². The minimum atomic E-state index is 0.0767. The molecule has 0 aliphatic heterocycles. The van der Waals surface area contributed by atoms with Gasteiger partial charge in [-0.3, -0.25) is 4.79 Å². The summed E-state index contributed by atoms with van der Waals surface area (Å²) in [7, 11) is 1.64. The van der Waals surface area contributed by atoms with Crippen molar-refractivity contribution in [3.63, 3.8) is 0 Å². The lowest BCUT2D eigenvalue weighted by atomic mass is 10.1. The van der Waals surface area contributed by atoms with Gasteiger partial charge >= 0.3 is 0 Å². The van der Waals surface area contributed by atoms with Gasteiger partial charge in [0, 0.05) is 11.1 Å². The Morgan fingerprint density at radius 1 is 1.44 bits per heavy atom. The van der Waals surface area contributed by atoms with Gasteiger partial charge in [0.1, 0.15) is 5.75 Å². The van der Waals surface area contributed by atoms with Crippen LogP contribution in [0.2, 0.25) is 0 Å². The van der Waals surface area contributed by atoms with Crippen LogP contribution >= 0.6 is 0 Å². The molecule has 0 aromatic heterocycles. The highest BCUT2D eigenvalue weighted by Crippen LogP contribution is 2.21. The predicted octanol–water partition coefficient (Wildman–Crippen LogP) is 3.71. The minimum absolute atomic E-state index is 0.0767. The van der Waals surface area contributed by atoms with E-state index in [-0.39, 0.29) is 5.78 Å². The number of methoxy groups -OCH3 is 1. The molecule has 0 saturated heterocycles. The van der Waals surface area contributed by atoms with Crippen molar-refractivity contribution < 1.29 is 9.53 Å². The standard InChI is InChI=1S/C14H18O2/c1-4-5-6-7-13-10-12(11(2)15)8-9-14(13)16-3/h6-10H,4-5H2,1-3H3. The highest BCUT2D eigenvalue weighted by atomic mass is 16.5. The van der Waals surface area contributed by atoms with E-state index in [9.17, 15) is 4.79 Å². The molecule has 0 fully saturated rings. The number of carbonyl (C=O) groups is 1. The van der Waals surface area contributed by atoms with Crippen molar-refractivity contribution in [2.24, 2.45) is 0 Å². The first kappa shape index (κ1) is 12.5. The van der Waals surface area contributed by atoms with Crippen molar-refractivity contribution in [2.45, 2.75) is 26.7 Å². The summed E-state index contributed by atoms with van der Waals surface area (Å²) in [4.78, 5) is 11.3. The summed E-state index contributed by atoms with van der Waals surface area (Å²) in [6, 6.07) is 5.49. The average Bonchev–Trinajstić information content (AvgIpc) is 2.29. The molecule has 0 radical (unpaired) electrons. The van der Waals surface area contributed by atoms with E-state index in [0.29, 0.717) is 0 Å². The first-order valence-electron chi connectivity index (χ1n) is 5.54. The molecule has 86 valence electrons. The van der Waals surface area contributed by atoms with E-state index in [4.69, 9.17) is 4.74 Å². The Hall–Kier alpha value is -1.57. The van der Waals surface area contributed by atoms with Gasteiger partial charge in [-0.05, 0) is 31.5 Å². The zero-order chi connectivity index (χ0) is 12.0. The fraction of sp³-hybridized carbons (Fsp3) is 0.357. The van der Waals surface area contributed by atoms with Gasteiger partial charge in [0.15, 0.2) is 5.78 Å². The highest BCUT2D eigenvalue weighted by molar-refractivity contribution is 5.94. The minimum Gasteiger partial charge on any atom is -0.496 e. The molecule has 1 aromatic rings. The Balaban J connectivity index is 3.02. The van der Waals surface area contributed by atoms with Gasteiger partial charge in [0.25, 0.3) is 0 Å². The number of Topliss-reactive ketones (excluding diaryl/α,β-unsaturated/α-hetero) is 1. The number of unbranched alkanes of at least 4 members (excludes halogenated alkanes) is 1. The molecule has 0 atom stereocenters. The maximum atomic E-state index is 11.3. The fourth-order valence-electron chi connectivity index (χ4n) is 1.46. The zero-order valence-electron chi connectivity index (χ0n) is 10.1. The highest BCUT2D eigenvalue weighted by Gasteiger charge is 2.04. The second-order valence-electron chi connectivity index (χ2n) is 3.70. The second-order valence-corrected chi connectivity index (χ2v) is 3.70. The normalized spacial score (nSPS) is 10.7. The van der Waals surface area contributed by atoms with Crippen molar-refractivity contribution in [1.29, 1.82) is 0 Å². The van der Waals surface area contributed by atoms with Crippen molar-refractivity contribution in [3.8, 4) is 5.75 Å². The van der Waals surface area contributed by atoms with Crippen LogP contribution in [0.25, 0.3) is 6.08 Å². The third kappa shape index (κ3) is 3.23. The summed E-state index contributed by atoms with van der Waals surface area (Å²) >= 11 is 0. The van der Waals surface area contributed by atoms with Crippen LogP contribution in [0.1, 0.15) is 42.6 Å². The SMILES string of the molecule is CCCC=Cc1cc(C(C)=O)ccc1OC. The molecule has 2 nitrogen and oxygen atoms in total. The molecule has 1 aromatic carbocycles. The van der Waals surface area contributed by atoms with E-state index in [0.717, 1.165) is 29.7 Å². The van der Waals surface area contributed by atoms with Crippen molar-refractivity contribution >= 4 is 11.9 Å². The summed E-state index contributed by atoms with van der Waals surface area (Å²) in [5.41, 5.74) is 1.68. The van der Waals surface area contributed by atoms with Crippen molar-refractivity contribution in [3.05, 3.63) is 35.4 Å². The lowest BCUT2D eigenvalue weighted by molar-refractivity contribution is 0.101. The van der Waals surface area contributed by atoms with E-state index < -0.39 is 0 Å². The van der Waals surface area contributed by atoms with Crippen LogP contribution in [0, 0.1) is 0 Å². The molecule has 0 heterocycles. The van der Waals surface area contributed by atoms with E-state index in [1.165, 1.54) is 0 Å². The molecule has 0 N–H and O–H groups in total. The average molecular weight is 218 g/mol. The molecule has 0 bridgehead atoms. The number of carbonyl (C=O) groups excluding carboxylic acids is 1. The van der Waals surface area contributed by atoms with Crippen molar-refractivity contribution in [2.75, 3.05) is 7.11 Å². The summed E-state index contributed by atoms with van der Waals surface area (Å²) in [6.45, 7) is 3.70. The zero-order valence-corrected chi connectivity index (χ0v) is 10.1. The van der Waals surface area contributed by atoms with E-state index in [1.807, 2.05) is 18.2 Å². The number of ketones is 1. The molecule has 16 heavy (non-hydrogen) atoms. The molecule has 0 spiro atoms. The number of hydrogen-bond donors (Lipinski definition) is 0. The van der Waals surface area contributed by atoms with Crippen LogP contribution in [0.3, 0.4) is 0 Å². The van der Waals surface area contributed by atoms with Crippen LogP contribution in [0.4, 0.5) is 0 Å². The summed E-state index contributed by atoms with van der Waals surface area (Å²) < 4.78 is 5.25. The summed E-state index contributed by atoms with van der Waals surface area (Å²) in [6.07, 6.45) is 6.26. The van der Waals surface area contributed by atoms with Gasteiger partial charge in [0.05, 0.1) is 7.11 Å². The van der Waals surface area contributed by atoms with Crippen LogP contribution in [0.5, 0.6) is 5.75 Å². The molecule has 0 amide bonds. The number of allylic oxidation sites excluding steroid dienone is 1. The maximum absolute atomic E-state index is 11.3. The Morgan fingerprint density at radius 2 is 2.19 bits per heavy atom. The number of ether oxygens (including phenoxy) is 1. The fourth-order valence-corrected chi connectivity index (χ4v) is 1.46. The van der Waals surface area contributed by atoms with E-state index in [1.54, 1.807) is 20.1 Å². The van der Waals surface area contributed by atoms with Gasteiger partial charge in [-0.25, -0.2) is 0 Å². The topological polar surface area (TPSA) is 26.3 Å². The number of rotatable bonds is 5. The molecular weight excluding hydrogens is 200 g/mol. The monoisotopic (exact) mass is 218 g/mol. The van der Waals surface area contributed by atoms with Crippen LogP contribution in [0.15, 0.2) is 24.3 Å². The van der Waals surface area contributed by atoms with Gasteiger partial charge in [0.2, 0.25) is 0 Å². The molecule has 0 saturated carbocycles. The third-order valence-corrected chi connectivity index (χ3v) is 2.39. The molecular formula is C14H18O2. The van der Waals surface area contributed by atoms with E-state index in [2.05, 4.69) is 13.0 Å². The summed E-state index contributed by atoms with van der Waals surface area (Å²) in [5, 5.41) is 0. The molecule has 0 unspecified atom stereocenters. The third-order valence-electron chi connectivity index (χ3n) is 2.39. The van der Waals surface area contributed by atoms with Gasteiger partial charge < -0.3 is 4.74 Å². The maximum Gasteiger partial charge on any atom is 0.159 e. The Kier molecular flexibility index (Phi) is 4.77. The Morgan fingerprint density at radius 3 is 2.75 bits per heavy atom. The van der Waals surface area contributed by atoms with Crippen LogP contribution < -0.4 is 4.74 Å². The molecule has 0 aliphatic carbocycles. The first-order chi connectivity index (χ1) is 7.69. The Bertz CT molecular complexity index is 392.